The molecule has 2 atom stereocenters. The van der Waals surface area contributed by atoms with Crippen LogP contribution in [0, 0.1) is 10.8 Å². The summed E-state index contributed by atoms with van der Waals surface area (Å²) in [5.41, 5.74) is 1.62. The highest BCUT2D eigenvalue weighted by atomic mass is 32.2. The van der Waals surface area contributed by atoms with Gasteiger partial charge in [-0.05, 0) is 102 Å². The Kier molecular flexibility index (Phi) is 11.5. The van der Waals surface area contributed by atoms with Crippen LogP contribution in [0.5, 0.6) is 11.5 Å². The standard InChI is InChI=1S/C44H55N3O11S2/c1-8-9-16-45-18-19-46(17-12-10-11-13-36(50)58-47-34(48)14-15-35(47)49)42(45)37-30-20-28-26(2)22-43(4,5)24-32(28)40(59(51,52)53)38(30)57-39-31(37)21-29-27(3)23-44(6,7)25-33(29)41(39)60(54,55)56/h18-21,24,26-27H,8-17,22-23,25H2,1-7H3,(H-,51,52,53,54,55,56)/p-1. The first kappa shape index (κ1) is 43.7. The van der Waals surface area contributed by atoms with Crippen molar-refractivity contribution < 1.29 is 54.5 Å². The number of rotatable bonds is 13. The van der Waals surface area contributed by atoms with Crippen LogP contribution < -0.4 is 19.7 Å². The van der Waals surface area contributed by atoms with Crippen molar-refractivity contribution in [3.63, 3.8) is 0 Å². The van der Waals surface area contributed by atoms with Gasteiger partial charge in [0.05, 0.1) is 18.7 Å². The first-order valence-corrected chi connectivity index (χ1v) is 23.7. The lowest BCUT2D eigenvalue weighted by Crippen LogP contribution is -2.41. The molecule has 0 saturated carbocycles. The Balaban J connectivity index is 1.45. The van der Waals surface area contributed by atoms with Crippen molar-refractivity contribution in [1.82, 2.24) is 9.63 Å². The van der Waals surface area contributed by atoms with Crippen molar-refractivity contribution >= 4 is 49.7 Å². The van der Waals surface area contributed by atoms with Gasteiger partial charge in [-0.3, -0.25) is 9.59 Å². The van der Waals surface area contributed by atoms with E-state index in [9.17, 15) is 40.3 Å². The van der Waals surface area contributed by atoms with Crippen LogP contribution in [0.2, 0.25) is 0 Å². The maximum absolute atomic E-state index is 13.6. The third-order valence-corrected chi connectivity index (χ3v) is 14.1. The Morgan fingerprint density at radius 3 is 2.22 bits per heavy atom. The van der Waals surface area contributed by atoms with Gasteiger partial charge in [-0.1, -0.05) is 61.0 Å². The average Bonchev–Trinajstić information content (AvgIpc) is 3.66. The SMILES string of the molecule is CCCCn1cc[n+](CCCCCC(=O)ON2C(=O)CCC2=O)c1C1=c2cc3c(c(S(=O)(=O)[O-])c2Oc2c1cc1c(c2S(=O)(=O)[O-])CC(C)(C)CC1C)=CC(C)(C)CC3C. The number of aryl methyl sites for hydroxylation is 2. The largest absolute Gasteiger partial charge is 0.744 e. The number of carbonyl (C=O) groups is 3. The smallest absolute Gasteiger partial charge is 0.333 e. The summed E-state index contributed by atoms with van der Waals surface area (Å²) in [5, 5.41) is 1.07. The lowest BCUT2D eigenvalue weighted by molar-refractivity contribution is -0.699. The van der Waals surface area contributed by atoms with Crippen LogP contribution in [0.3, 0.4) is 0 Å². The maximum Gasteiger partial charge on any atom is 0.333 e. The molecule has 0 radical (unpaired) electrons. The molecule has 3 aromatic rings. The number of hydrogen-bond acceptors (Lipinski definition) is 11. The van der Waals surface area contributed by atoms with Crippen LogP contribution in [-0.2, 0) is 59.0 Å². The van der Waals surface area contributed by atoms with Crippen LogP contribution in [0.1, 0.15) is 153 Å². The molecule has 1 fully saturated rings. The second-order valence-corrected chi connectivity index (χ2v) is 21.2. The highest BCUT2D eigenvalue weighted by molar-refractivity contribution is 7.86. The van der Waals surface area contributed by atoms with Crippen molar-refractivity contribution in [2.45, 2.75) is 154 Å². The molecule has 0 spiro atoms. The summed E-state index contributed by atoms with van der Waals surface area (Å²) in [5.74, 6) is -2.05. The average molecular weight is 865 g/mol. The van der Waals surface area contributed by atoms with Gasteiger partial charge in [0.25, 0.3) is 17.6 Å². The van der Waals surface area contributed by atoms with Crippen LogP contribution in [0.25, 0.3) is 11.6 Å². The van der Waals surface area contributed by atoms with E-state index in [1.54, 1.807) is 6.08 Å². The number of hydrogen-bond donors (Lipinski definition) is 0. The zero-order valence-corrected chi connectivity index (χ0v) is 37.0. The molecule has 7 rings (SSSR count). The summed E-state index contributed by atoms with van der Waals surface area (Å²) in [7, 11) is -10.5. The molecule has 2 aliphatic carbocycles. The second-order valence-electron chi connectivity index (χ2n) is 18.5. The summed E-state index contributed by atoms with van der Waals surface area (Å²) in [4.78, 5) is 40.3. The number of amides is 2. The number of ether oxygens (including phenoxy) is 1. The summed E-state index contributed by atoms with van der Waals surface area (Å²) < 4.78 is 92.0. The van der Waals surface area contributed by atoms with Gasteiger partial charge in [-0.15, -0.1) is 5.06 Å². The zero-order valence-electron chi connectivity index (χ0n) is 35.4. The van der Waals surface area contributed by atoms with Gasteiger partial charge < -0.3 is 18.7 Å². The lowest BCUT2D eigenvalue weighted by Gasteiger charge is -2.39. The molecule has 2 aliphatic heterocycles. The fraction of sp³-hybridized carbons (Fsp3) is 0.545. The third-order valence-electron chi connectivity index (χ3n) is 12.3. The fourth-order valence-electron chi connectivity index (χ4n) is 9.94. The number of carbonyl (C=O) groups excluding carboxylic acids is 3. The molecule has 2 aromatic carbocycles. The van der Waals surface area contributed by atoms with E-state index in [0.29, 0.717) is 82.7 Å². The first-order valence-electron chi connectivity index (χ1n) is 20.9. The van der Waals surface area contributed by atoms with E-state index in [-0.39, 0.29) is 59.7 Å². The highest BCUT2D eigenvalue weighted by Gasteiger charge is 2.41. The van der Waals surface area contributed by atoms with Crippen LogP contribution >= 0.6 is 0 Å². The van der Waals surface area contributed by atoms with E-state index in [1.807, 2.05) is 75.2 Å². The number of imidazole rings is 1. The second kappa shape index (κ2) is 15.8. The minimum atomic E-state index is -5.26. The van der Waals surface area contributed by atoms with Crippen LogP contribution in [0.15, 0.2) is 34.3 Å². The number of hydroxylamine groups is 2. The van der Waals surface area contributed by atoms with Crippen LogP contribution in [-0.4, -0.2) is 53.4 Å². The zero-order chi connectivity index (χ0) is 43.7. The minimum Gasteiger partial charge on any atom is -0.744 e. The molecular weight excluding hydrogens is 811 g/mol. The van der Waals surface area contributed by atoms with Gasteiger partial charge in [-0.2, -0.15) is 0 Å². The molecule has 0 N–H and O–H groups in total. The molecule has 4 aliphatic rings. The Morgan fingerprint density at radius 2 is 1.57 bits per heavy atom. The molecule has 14 nitrogen and oxygen atoms in total. The molecule has 1 aromatic heterocycles. The number of imide groups is 1. The molecule has 2 unspecified atom stereocenters. The Bertz CT molecular complexity index is 2650. The van der Waals surface area contributed by atoms with E-state index in [0.717, 1.165) is 19.3 Å². The van der Waals surface area contributed by atoms with Gasteiger partial charge in [-0.25, -0.2) is 30.8 Å². The molecule has 0 bridgehead atoms. The summed E-state index contributed by atoms with van der Waals surface area (Å²) in [6.07, 6.45) is 10.4. The normalized spacial score (nSPS) is 20.5. The first-order chi connectivity index (χ1) is 28.0. The summed E-state index contributed by atoms with van der Waals surface area (Å²) >= 11 is 0. The van der Waals surface area contributed by atoms with Crippen molar-refractivity contribution in [2.24, 2.45) is 10.8 Å². The molecule has 60 heavy (non-hydrogen) atoms. The van der Waals surface area contributed by atoms with E-state index in [4.69, 9.17) is 9.57 Å². The molecule has 16 heteroatoms. The Labute approximate surface area is 351 Å². The van der Waals surface area contributed by atoms with Crippen molar-refractivity contribution in [1.29, 1.82) is 0 Å². The van der Waals surface area contributed by atoms with Gasteiger partial charge in [0.15, 0.2) is 11.5 Å². The van der Waals surface area contributed by atoms with Gasteiger partial charge in [0.2, 0.25) is 0 Å². The van der Waals surface area contributed by atoms with Crippen LogP contribution in [0.4, 0.5) is 0 Å². The Morgan fingerprint density at radius 1 is 0.900 bits per heavy atom. The van der Waals surface area contributed by atoms with Crippen molar-refractivity contribution in [2.75, 3.05) is 0 Å². The number of aromatic nitrogens is 2. The highest BCUT2D eigenvalue weighted by Crippen LogP contribution is 2.51. The van der Waals surface area contributed by atoms with E-state index in [2.05, 4.69) is 6.92 Å². The van der Waals surface area contributed by atoms with Gasteiger partial charge in [0.1, 0.15) is 42.4 Å². The maximum atomic E-state index is 13.6. The third kappa shape index (κ3) is 8.32. The predicted octanol–water partition coefficient (Wildman–Crippen LogP) is 5.29. The monoisotopic (exact) mass is 864 g/mol. The molecular formula is C44H54N3O11S2-. The predicted molar refractivity (Wildman–Crippen MR) is 217 cm³/mol. The number of unbranched alkanes of at least 4 members (excludes halogenated alkanes) is 3. The Hall–Kier alpha value is -4.38. The number of nitrogens with zero attached hydrogens (tertiary/aromatic N) is 3. The fourth-order valence-corrected chi connectivity index (χ4v) is 11.6. The van der Waals surface area contributed by atoms with Gasteiger partial charge >= 0.3 is 5.97 Å². The number of fused-ring (bicyclic) bond motifs is 4. The van der Waals surface area contributed by atoms with E-state index in [1.165, 1.54) is 0 Å². The quantitative estimate of drug-likeness (QED) is 0.0733. The van der Waals surface area contributed by atoms with E-state index < -0.39 is 53.2 Å². The van der Waals surface area contributed by atoms with Gasteiger partial charge in [0, 0.05) is 30.0 Å². The lowest BCUT2D eigenvalue weighted by atomic mass is 9.69. The summed E-state index contributed by atoms with van der Waals surface area (Å²) in [6, 6.07) is 3.76. The molecule has 324 valence electrons. The number of benzene rings is 2. The van der Waals surface area contributed by atoms with Crippen molar-refractivity contribution in [3.05, 3.63) is 63.0 Å². The minimum absolute atomic E-state index is 0.00346. The molecule has 1 saturated heterocycles. The van der Waals surface area contributed by atoms with E-state index >= 15 is 0 Å². The topological polar surface area (TPSA) is 196 Å². The molecule has 3 heterocycles. The summed E-state index contributed by atoms with van der Waals surface area (Å²) in [6.45, 7) is 14.9. The molecule has 2 amide bonds. The van der Waals surface area contributed by atoms with Crippen molar-refractivity contribution in [3.8, 4) is 11.5 Å².